The van der Waals surface area contributed by atoms with Crippen molar-refractivity contribution in [3.05, 3.63) is 36.9 Å². The molecule has 1 aromatic rings. The molecule has 0 bridgehead atoms. The Morgan fingerprint density at radius 3 is 2.00 bits per heavy atom. The molecule has 0 saturated carbocycles. The average molecular weight is 213 g/mol. The van der Waals surface area contributed by atoms with E-state index in [9.17, 15) is 0 Å². The Balaban J connectivity index is 3.38. The fourth-order valence-corrected chi connectivity index (χ4v) is 1.38. The van der Waals surface area contributed by atoms with Crippen molar-refractivity contribution in [1.29, 1.82) is 0 Å². The quantitative estimate of drug-likeness (QED) is 0.720. The van der Waals surface area contributed by atoms with Gasteiger partial charge >= 0.3 is 0 Å². The highest BCUT2D eigenvalue weighted by Crippen LogP contribution is 2.32. The van der Waals surface area contributed by atoms with Gasteiger partial charge in [-0.3, -0.25) is 0 Å². The molecule has 1 aromatic heterocycles. The molecule has 1 heterocycles. The Labute approximate surface area is 95.6 Å². The molecule has 1 N–H and O–H groups in total. The number of nitrogens with zero attached hydrogens (tertiary/aromatic N) is 2. The summed E-state index contributed by atoms with van der Waals surface area (Å²) in [5.41, 5.74) is 1.80. The van der Waals surface area contributed by atoms with E-state index < -0.39 is 0 Å². The summed E-state index contributed by atoms with van der Waals surface area (Å²) in [5.74, 6) is 1.45. The number of allylic oxidation sites excluding steroid dienone is 1. The first-order valence-corrected chi connectivity index (χ1v) is 4.93. The predicted molar refractivity (Wildman–Crippen MR) is 73.1 cm³/mol. The second-order valence-corrected chi connectivity index (χ2v) is 2.96. The van der Waals surface area contributed by atoms with Crippen LogP contribution in [0.5, 0.6) is 0 Å². The lowest BCUT2D eigenvalue weighted by molar-refractivity contribution is 1.30. The summed E-state index contributed by atoms with van der Waals surface area (Å²) in [5, 5.41) is 0. The Morgan fingerprint density at radius 1 is 1.00 bits per heavy atom. The number of rotatable bonds is 5. The van der Waals surface area contributed by atoms with Gasteiger partial charge in [-0.05, 0) is 6.92 Å². The molecule has 0 unspecified atom stereocenters. The first kappa shape index (κ1) is 11.9. The van der Waals surface area contributed by atoms with Crippen molar-refractivity contribution in [2.24, 2.45) is 9.98 Å². The van der Waals surface area contributed by atoms with Crippen LogP contribution in [-0.2, 0) is 0 Å². The smallest absolute Gasteiger partial charge is 0.139 e. The van der Waals surface area contributed by atoms with E-state index in [0.29, 0.717) is 5.82 Å². The zero-order chi connectivity index (χ0) is 12.0. The lowest BCUT2D eigenvalue weighted by Gasteiger charge is -1.92. The van der Waals surface area contributed by atoms with Gasteiger partial charge in [-0.2, -0.15) is 0 Å². The van der Waals surface area contributed by atoms with Gasteiger partial charge in [0.15, 0.2) is 0 Å². The van der Waals surface area contributed by atoms with Crippen LogP contribution in [0.1, 0.15) is 18.1 Å². The van der Waals surface area contributed by atoms with Crippen LogP contribution in [0.25, 0.3) is 12.2 Å². The van der Waals surface area contributed by atoms with Gasteiger partial charge in [0.1, 0.15) is 11.6 Å². The second kappa shape index (κ2) is 5.66. The SMILES string of the molecule is C=C/C=N\c1[nH]c(/N=C\C)c(C=C)c1C=C. The summed E-state index contributed by atoms with van der Waals surface area (Å²) in [7, 11) is 0. The maximum Gasteiger partial charge on any atom is 0.139 e. The van der Waals surface area contributed by atoms with Crippen molar-refractivity contribution in [1.82, 2.24) is 4.98 Å². The zero-order valence-electron chi connectivity index (χ0n) is 9.40. The summed E-state index contributed by atoms with van der Waals surface area (Å²) in [6.07, 6.45) is 8.42. The molecule has 0 radical (unpaired) electrons. The number of hydrogen-bond donors (Lipinski definition) is 1. The van der Waals surface area contributed by atoms with Gasteiger partial charge in [-0.15, -0.1) is 0 Å². The van der Waals surface area contributed by atoms with Crippen LogP contribution in [0.3, 0.4) is 0 Å². The Hall–Kier alpha value is -2.16. The highest BCUT2D eigenvalue weighted by molar-refractivity contribution is 5.83. The van der Waals surface area contributed by atoms with E-state index >= 15 is 0 Å². The van der Waals surface area contributed by atoms with E-state index in [-0.39, 0.29) is 0 Å². The van der Waals surface area contributed by atoms with Crippen LogP contribution >= 0.6 is 0 Å². The maximum atomic E-state index is 4.22. The molecule has 3 heteroatoms. The highest BCUT2D eigenvalue weighted by atomic mass is 15.0. The minimum absolute atomic E-state index is 0.713. The molecule has 82 valence electrons. The van der Waals surface area contributed by atoms with Gasteiger partial charge in [0, 0.05) is 23.6 Å². The van der Waals surface area contributed by atoms with E-state index in [0.717, 1.165) is 16.9 Å². The van der Waals surface area contributed by atoms with E-state index in [1.165, 1.54) is 0 Å². The molecule has 3 nitrogen and oxygen atoms in total. The molecule has 0 fully saturated rings. The molecular weight excluding hydrogens is 198 g/mol. The van der Waals surface area contributed by atoms with Crippen molar-refractivity contribution in [3.63, 3.8) is 0 Å². The number of hydrogen-bond acceptors (Lipinski definition) is 2. The van der Waals surface area contributed by atoms with Crippen LogP contribution in [0.2, 0.25) is 0 Å². The van der Waals surface area contributed by atoms with E-state index in [2.05, 4.69) is 34.7 Å². The molecule has 1 rings (SSSR count). The van der Waals surface area contributed by atoms with Crippen molar-refractivity contribution < 1.29 is 0 Å². The second-order valence-electron chi connectivity index (χ2n) is 2.96. The number of aromatic nitrogens is 1. The third kappa shape index (κ3) is 2.25. The molecule has 0 aliphatic carbocycles. The fourth-order valence-electron chi connectivity index (χ4n) is 1.38. The van der Waals surface area contributed by atoms with Crippen LogP contribution in [0.4, 0.5) is 11.6 Å². The van der Waals surface area contributed by atoms with E-state index in [1.54, 1.807) is 30.7 Å². The highest BCUT2D eigenvalue weighted by Gasteiger charge is 2.10. The normalized spacial score (nSPS) is 11.1. The third-order valence-electron chi connectivity index (χ3n) is 2.01. The topological polar surface area (TPSA) is 40.5 Å². The van der Waals surface area contributed by atoms with Crippen LogP contribution in [0.15, 0.2) is 35.8 Å². The number of H-pyrrole nitrogens is 1. The molecule has 0 saturated heterocycles. The molecule has 0 aromatic carbocycles. The first-order chi connectivity index (χ1) is 7.78. The number of aliphatic imine (C=N–C) groups is 2. The Morgan fingerprint density at radius 2 is 1.56 bits per heavy atom. The van der Waals surface area contributed by atoms with Gasteiger partial charge in [0.05, 0.1) is 0 Å². The molecule has 0 aliphatic rings. The van der Waals surface area contributed by atoms with Gasteiger partial charge < -0.3 is 4.98 Å². The van der Waals surface area contributed by atoms with E-state index in [4.69, 9.17) is 0 Å². The van der Waals surface area contributed by atoms with Gasteiger partial charge in [0.2, 0.25) is 0 Å². The summed E-state index contributed by atoms with van der Waals surface area (Å²) >= 11 is 0. The summed E-state index contributed by atoms with van der Waals surface area (Å²) in [4.78, 5) is 11.5. The van der Waals surface area contributed by atoms with E-state index in [1.807, 2.05) is 6.92 Å². The minimum atomic E-state index is 0.713. The van der Waals surface area contributed by atoms with Crippen molar-refractivity contribution in [2.75, 3.05) is 0 Å². The van der Waals surface area contributed by atoms with Gasteiger partial charge in [0.25, 0.3) is 0 Å². The van der Waals surface area contributed by atoms with Crippen LogP contribution < -0.4 is 0 Å². The van der Waals surface area contributed by atoms with Crippen LogP contribution in [0, 0.1) is 0 Å². The standard InChI is InChI=1S/C13H15N3/c1-5-9-15-13-11(7-3)10(6-2)12(16-13)14-8-4/h5-9,16H,1-3H2,4H3/b14-8-,15-9-. The lowest BCUT2D eigenvalue weighted by Crippen LogP contribution is -1.72. The summed E-state index contributed by atoms with van der Waals surface area (Å²) in [6.45, 7) is 13.0. The molecule has 0 aliphatic heterocycles. The number of nitrogens with one attached hydrogen (secondary N) is 1. The number of aromatic amines is 1. The monoisotopic (exact) mass is 213 g/mol. The molecule has 0 spiro atoms. The first-order valence-electron chi connectivity index (χ1n) is 4.93. The molecule has 16 heavy (non-hydrogen) atoms. The van der Waals surface area contributed by atoms with Gasteiger partial charge in [-0.1, -0.05) is 38.0 Å². The molecular formula is C13H15N3. The van der Waals surface area contributed by atoms with Crippen molar-refractivity contribution in [3.8, 4) is 0 Å². The molecule has 0 atom stereocenters. The third-order valence-corrected chi connectivity index (χ3v) is 2.01. The Kier molecular flexibility index (Phi) is 4.21. The summed E-state index contributed by atoms with van der Waals surface area (Å²) in [6, 6.07) is 0. The largest absolute Gasteiger partial charge is 0.324 e. The van der Waals surface area contributed by atoms with Crippen molar-refractivity contribution >= 4 is 36.2 Å². The minimum Gasteiger partial charge on any atom is -0.324 e. The average Bonchev–Trinajstić information content (AvgIpc) is 2.63. The van der Waals surface area contributed by atoms with Gasteiger partial charge in [-0.25, -0.2) is 9.98 Å². The van der Waals surface area contributed by atoms with Crippen LogP contribution in [-0.4, -0.2) is 17.4 Å². The maximum absolute atomic E-state index is 4.22. The predicted octanol–water partition coefficient (Wildman–Crippen LogP) is 3.91. The Bertz CT molecular complexity index is 462. The fraction of sp³-hybridized carbons (Fsp3) is 0.0769. The lowest BCUT2D eigenvalue weighted by atomic mass is 10.1. The van der Waals surface area contributed by atoms with Crippen molar-refractivity contribution in [2.45, 2.75) is 6.92 Å². The molecule has 0 amide bonds. The summed E-state index contributed by atoms with van der Waals surface area (Å²) < 4.78 is 0. The zero-order valence-corrected chi connectivity index (χ0v) is 9.40.